The maximum Gasteiger partial charge on any atom is 0.230 e. The van der Waals surface area contributed by atoms with Crippen molar-refractivity contribution in [2.75, 3.05) is 32.6 Å². The minimum Gasteiger partial charge on any atom is -0.494 e. The Morgan fingerprint density at radius 3 is 2.73 bits per heavy atom. The van der Waals surface area contributed by atoms with Crippen molar-refractivity contribution in [3.63, 3.8) is 0 Å². The van der Waals surface area contributed by atoms with Gasteiger partial charge in [0.2, 0.25) is 5.91 Å². The van der Waals surface area contributed by atoms with E-state index in [1.54, 1.807) is 13.2 Å². The van der Waals surface area contributed by atoms with Crippen LogP contribution >= 0.6 is 11.8 Å². The number of carbonyl (C=O) groups is 2. The van der Waals surface area contributed by atoms with Crippen molar-refractivity contribution in [1.82, 2.24) is 5.32 Å². The first-order chi connectivity index (χ1) is 10.6. The molecule has 1 N–H and O–H groups in total. The molecule has 1 aromatic carbocycles. The smallest absolute Gasteiger partial charge is 0.230 e. The molecule has 0 unspecified atom stereocenters. The van der Waals surface area contributed by atoms with Gasteiger partial charge in [-0.2, -0.15) is 0 Å². The lowest BCUT2D eigenvalue weighted by Crippen LogP contribution is -2.28. The van der Waals surface area contributed by atoms with Crippen molar-refractivity contribution in [3.05, 3.63) is 29.3 Å². The second-order valence-corrected chi connectivity index (χ2v) is 5.63. The molecule has 0 bridgehead atoms. The van der Waals surface area contributed by atoms with Crippen LogP contribution in [0.1, 0.15) is 29.8 Å². The van der Waals surface area contributed by atoms with E-state index < -0.39 is 0 Å². The first-order valence-electron chi connectivity index (χ1n) is 7.18. The van der Waals surface area contributed by atoms with Crippen molar-refractivity contribution in [2.24, 2.45) is 0 Å². The lowest BCUT2D eigenvalue weighted by atomic mass is 10.1. The standard InChI is InChI=1S/C16H23NO4S/c1-4-21-15-6-5-13(12(2)18)9-14(15)10-22-11-16(19)17-7-8-20-3/h5-6,9H,4,7-8,10-11H2,1-3H3,(H,17,19). The fourth-order valence-corrected chi connectivity index (χ4v) is 2.64. The molecular formula is C16H23NO4S. The van der Waals surface area contributed by atoms with Crippen molar-refractivity contribution in [1.29, 1.82) is 0 Å². The monoisotopic (exact) mass is 325 g/mol. The number of carbonyl (C=O) groups excluding carboxylic acids is 2. The van der Waals surface area contributed by atoms with E-state index in [-0.39, 0.29) is 11.7 Å². The third-order valence-electron chi connectivity index (χ3n) is 2.89. The highest BCUT2D eigenvalue weighted by Gasteiger charge is 2.09. The molecule has 0 aliphatic rings. The molecule has 5 nitrogen and oxygen atoms in total. The minimum absolute atomic E-state index is 0.0200. The predicted octanol–water partition coefficient (Wildman–Crippen LogP) is 2.28. The van der Waals surface area contributed by atoms with Crippen LogP contribution in [0.3, 0.4) is 0 Å². The number of hydrogen-bond donors (Lipinski definition) is 1. The third kappa shape index (κ3) is 6.49. The van der Waals surface area contributed by atoms with Crippen LogP contribution in [0.15, 0.2) is 18.2 Å². The van der Waals surface area contributed by atoms with Gasteiger partial charge < -0.3 is 14.8 Å². The van der Waals surface area contributed by atoms with E-state index in [2.05, 4.69) is 5.32 Å². The van der Waals surface area contributed by atoms with Crippen LogP contribution in [0, 0.1) is 0 Å². The zero-order valence-corrected chi connectivity index (χ0v) is 14.1. The summed E-state index contributed by atoms with van der Waals surface area (Å²) >= 11 is 1.49. The van der Waals surface area contributed by atoms with E-state index in [0.717, 1.165) is 11.3 Å². The number of amides is 1. The summed E-state index contributed by atoms with van der Waals surface area (Å²) in [5.41, 5.74) is 1.59. The highest BCUT2D eigenvalue weighted by atomic mass is 32.2. The molecule has 122 valence electrons. The molecule has 0 aromatic heterocycles. The van der Waals surface area contributed by atoms with Crippen molar-refractivity contribution in [3.8, 4) is 5.75 Å². The molecule has 0 atom stereocenters. The SMILES string of the molecule is CCOc1ccc(C(C)=O)cc1CSCC(=O)NCCOC. The Hall–Kier alpha value is -1.53. The second-order valence-electron chi connectivity index (χ2n) is 4.65. The molecule has 0 aliphatic carbocycles. The van der Waals surface area contributed by atoms with Gasteiger partial charge in [0.25, 0.3) is 0 Å². The fraction of sp³-hybridized carbons (Fsp3) is 0.500. The van der Waals surface area contributed by atoms with Gasteiger partial charge in [0, 0.05) is 30.5 Å². The van der Waals surface area contributed by atoms with Crippen LogP contribution in [0.25, 0.3) is 0 Å². The average Bonchev–Trinajstić information content (AvgIpc) is 2.49. The predicted molar refractivity (Wildman–Crippen MR) is 88.7 cm³/mol. The first-order valence-corrected chi connectivity index (χ1v) is 8.34. The summed E-state index contributed by atoms with van der Waals surface area (Å²) in [5, 5.41) is 2.77. The van der Waals surface area contributed by atoms with Gasteiger partial charge >= 0.3 is 0 Å². The zero-order valence-electron chi connectivity index (χ0n) is 13.3. The lowest BCUT2D eigenvalue weighted by molar-refractivity contribution is -0.118. The maximum absolute atomic E-state index is 11.6. The van der Waals surface area contributed by atoms with Gasteiger partial charge in [0.15, 0.2) is 5.78 Å². The van der Waals surface area contributed by atoms with Crippen LogP contribution in [0.2, 0.25) is 0 Å². The van der Waals surface area contributed by atoms with Gasteiger partial charge in [-0.1, -0.05) is 0 Å². The number of ether oxygens (including phenoxy) is 2. The van der Waals surface area contributed by atoms with Gasteiger partial charge in [-0.25, -0.2) is 0 Å². The normalized spacial score (nSPS) is 10.3. The van der Waals surface area contributed by atoms with Gasteiger partial charge in [-0.15, -0.1) is 11.8 Å². The van der Waals surface area contributed by atoms with Crippen LogP contribution in [-0.2, 0) is 15.3 Å². The van der Waals surface area contributed by atoms with E-state index in [1.807, 2.05) is 19.1 Å². The van der Waals surface area contributed by atoms with Crippen LogP contribution in [0.4, 0.5) is 0 Å². The van der Waals surface area contributed by atoms with Gasteiger partial charge in [0.1, 0.15) is 5.75 Å². The van der Waals surface area contributed by atoms with Gasteiger partial charge in [0.05, 0.1) is 19.0 Å². The summed E-state index contributed by atoms with van der Waals surface area (Å²) in [7, 11) is 1.60. The number of rotatable bonds is 10. The number of methoxy groups -OCH3 is 1. The summed E-state index contributed by atoms with van der Waals surface area (Å²) in [6.45, 7) is 5.04. The molecule has 0 spiro atoms. The quantitative estimate of drug-likeness (QED) is 0.528. The number of Topliss-reactive ketones (excluding diaryl/α,β-unsaturated/α-hetero) is 1. The molecule has 0 saturated carbocycles. The average molecular weight is 325 g/mol. The molecule has 22 heavy (non-hydrogen) atoms. The third-order valence-corrected chi connectivity index (χ3v) is 3.87. The van der Waals surface area contributed by atoms with Crippen molar-refractivity contribution >= 4 is 23.5 Å². The Bertz CT molecular complexity index is 505. The Kier molecular flexibility index (Phi) is 8.62. The highest BCUT2D eigenvalue weighted by Crippen LogP contribution is 2.25. The van der Waals surface area contributed by atoms with Gasteiger partial charge in [-0.05, 0) is 32.0 Å². The molecule has 1 rings (SSSR count). The molecule has 0 saturated heterocycles. The van der Waals surface area contributed by atoms with E-state index >= 15 is 0 Å². The van der Waals surface area contributed by atoms with Crippen molar-refractivity contribution in [2.45, 2.75) is 19.6 Å². The fourth-order valence-electron chi connectivity index (χ4n) is 1.80. The van der Waals surface area contributed by atoms with Crippen LogP contribution in [-0.4, -0.2) is 44.3 Å². The summed E-state index contributed by atoms with van der Waals surface area (Å²) in [5.74, 6) is 1.74. The number of hydrogen-bond acceptors (Lipinski definition) is 5. The second kappa shape index (κ2) is 10.2. The topological polar surface area (TPSA) is 64.6 Å². The van der Waals surface area contributed by atoms with E-state index in [1.165, 1.54) is 18.7 Å². The van der Waals surface area contributed by atoms with Gasteiger partial charge in [-0.3, -0.25) is 9.59 Å². The number of ketones is 1. The Morgan fingerprint density at radius 2 is 2.09 bits per heavy atom. The number of thioether (sulfide) groups is 1. The van der Waals surface area contributed by atoms with Crippen LogP contribution < -0.4 is 10.1 Å². The molecule has 1 amide bonds. The van der Waals surface area contributed by atoms with E-state index in [0.29, 0.717) is 36.8 Å². The zero-order chi connectivity index (χ0) is 16.4. The number of nitrogens with one attached hydrogen (secondary N) is 1. The molecule has 6 heteroatoms. The molecule has 0 heterocycles. The highest BCUT2D eigenvalue weighted by molar-refractivity contribution is 7.99. The largest absolute Gasteiger partial charge is 0.494 e. The summed E-state index contributed by atoms with van der Waals surface area (Å²) < 4.78 is 10.4. The Balaban J connectivity index is 2.57. The Morgan fingerprint density at radius 1 is 1.32 bits per heavy atom. The summed E-state index contributed by atoms with van der Waals surface area (Å²) in [6, 6.07) is 5.41. The number of benzene rings is 1. The van der Waals surface area contributed by atoms with Crippen LogP contribution in [0.5, 0.6) is 5.75 Å². The lowest BCUT2D eigenvalue weighted by Gasteiger charge is -2.11. The van der Waals surface area contributed by atoms with Crippen molar-refractivity contribution < 1.29 is 19.1 Å². The summed E-state index contributed by atoms with van der Waals surface area (Å²) in [6.07, 6.45) is 0. The summed E-state index contributed by atoms with van der Waals surface area (Å²) in [4.78, 5) is 23.1. The molecule has 1 aromatic rings. The molecular weight excluding hydrogens is 302 g/mol. The van der Waals surface area contributed by atoms with E-state index in [9.17, 15) is 9.59 Å². The molecule has 0 aliphatic heterocycles. The first kappa shape index (κ1) is 18.5. The van der Waals surface area contributed by atoms with E-state index in [4.69, 9.17) is 9.47 Å². The molecule has 0 radical (unpaired) electrons. The molecule has 0 fully saturated rings. The maximum atomic E-state index is 11.6. The minimum atomic E-state index is -0.0252. The Labute approximate surface area is 135 Å².